The molecule has 2 aromatic carbocycles. The molecule has 1 amide bonds. The number of carbonyl (C=O) groups is 1. The second-order valence-corrected chi connectivity index (χ2v) is 6.05. The summed E-state index contributed by atoms with van der Waals surface area (Å²) in [7, 11) is 3.90. The lowest BCUT2D eigenvalue weighted by Gasteiger charge is -2.13. The molecule has 2 N–H and O–H groups in total. The number of para-hydroxylation sites is 1. The van der Waals surface area contributed by atoms with Crippen molar-refractivity contribution in [1.29, 1.82) is 0 Å². The van der Waals surface area contributed by atoms with Gasteiger partial charge in [-0.2, -0.15) is 0 Å². The van der Waals surface area contributed by atoms with E-state index < -0.39 is 23.2 Å². The molecule has 0 unspecified atom stereocenters. The van der Waals surface area contributed by atoms with Crippen molar-refractivity contribution in [3.05, 3.63) is 78.0 Å². The first kappa shape index (κ1) is 18.3. The third-order valence-electron chi connectivity index (χ3n) is 3.88. The molecule has 7 heteroatoms. The van der Waals surface area contributed by atoms with Crippen LogP contribution in [-0.2, 0) is 0 Å². The maximum Gasteiger partial charge on any atom is 0.256 e. The molecule has 0 radical (unpaired) electrons. The van der Waals surface area contributed by atoms with Crippen molar-refractivity contribution >= 4 is 28.8 Å². The maximum atomic E-state index is 13.7. The lowest BCUT2D eigenvalue weighted by atomic mass is 10.2. The zero-order valence-corrected chi connectivity index (χ0v) is 14.8. The largest absolute Gasteiger partial charge is 0.378 e. The average Bonchev–Trinajstić information content (AvgIpc) is 2.65. The minimum absolute atomic E-state index is 0.222. The number of amides is 1. The van der Waals surface area contributed by atoms with Crippen molar-refractivity contribution in [2.45, 2.75) is 0 Å². The predicted molar refractivity (Wildman–Crippen MR) is 103 cm³/mol. The van der Waals surface area contributed by atoms with Gasteiger partial charge in [-0.3, -0.25) is 4.79 Å². The molecular formula is C20H18F2N4O. The molecule has 0 spiro atoms. The topological polar surface area (TPSA) is 57.3 Å². The second-order valence-electron chi connectivity index (χ2n) is 6.05. The van der Waals surface area contributed by atoms with Crippen LogP contribution >= 0.6 is 0 Å². The van der Waals surface area contributed by atoms with Gasteiger partial charge in [-0.25, -0.2) is 13.8 Å². The molecule has 0 bridgehead atoms. The molecule has 0 atom stereocenters. The monoisotopic (exact) mass is 368 g/mol. The summed E-state index contributed by atoms with van der Waals surface area (Å²) in [6.45, 7) is 0. The van der Waals surface area contributed by atoms with Crippen LogP contribution < -0.4 is 15.5 Å². The summed E-state index contributed by atoms with van der Waals surface area (Å²) >= 11 is 0. The molecule has 0 saturated carbocycles. The van der Waals surface area contributed by atoms with Gasteiger partial charge in [-0.1, -0.05) is 6.07 Å². The molecule has 0 aliphatic rings. The van der Waals surface area contributed by atoms with E-state index in [1.807, 2.05) is 43.3 Å². The number of nitrogens with one attached hydrogen (secondary N) is 2. The van der Waals surface area contributed by atoms with Crippen LogP contribution in [0.3, 0.4) is 0 Å². The van der Waals surface area contributed by atoms with Crippen LogP contribution in [0.5, 0.6) is 0 Å². The predicted octanol–water partition coefficient (Wildman–Crippen LogP) is 4.42. The second kappa shape index (κ2) is 7.82. The highest BCUT2D eigenvalue weighted by atomic mass is 19.1. The number of anilines is 4. The van der Waals surface area contributed by atoms with Crippen LogP contribution in [0.1, 0.15) is 10.4 Å². The Balaban J connectivity index is 1.76. The van der Waals surface area contributed by atoms with Crippen molar-refractivity contribution < 1.29 is 13.6 Å². The molecule has 3 rings (SSSR count). The van der Waals surface area contributed by atoms with Gasteiger partial charge in [0.2, 0.25) is 0 Å². The van der Waals surface area contributed by atoms with Gasteiger partial charge in [-0.05, 0) is 48.5 Å². The number of aromatic nitrogens is 1. The molecule has 0 saturated heterocycles. The molecule has 1 heterocycles. The summed E-state index contributed by atoms with van der Waals surface area (Å²) in [6, 6.07) is 14.0. The first-order chi connectivity index (χ1) is 12.9. The Morgan fingerprint density at radius 1 is 1.00 bits per heavy atom. The number of halogens is 2. The number of pyridine rings is 1. The Morgan fingerprint density at radius 2 is 1.67 bits per heavy atom. The van der Waals surface area contributed by atoms with Crippen molar-refractivity contribution in [2.24, 2.45) is 0 Å². The van der Waals surface area contributed by atoms with E-state index in [2.05, 4.69) is 15.6 Å². The minimum atomic E-state index is -0.836. The van der Waals surface area contributed by atoms with Crippen molar-refractivity contribution in [1.82, 2.24) is 4.98 Å². The first-order valence-electron chi connectivity index (χ1n) is 8.20. The minimum Gasteiger partial charge on any atom is -0.378 e. The summed E-state index contributed by atoms with van der Waals surface area (Å²) < 4.78 is 27.4. The van der Waals surface area contributed by atoms with Gasteiger partial charge in [0.1, 0.15) is 23.1 Å². The fourth-order valence-electron chi connectivity index (χ4n) is 2.43. The fraction of sp³-hybridized carbons (Fsp3) is 0.100. The molecule has 138 valence electrons. The number of hydrogen-bond donors (Lipinski definition) is 2. The van der Waals surface area contributed by atoms with E-state index in [-0.39, 0.29) is 5.56 Å². The number of nitrogens with zero attached hydrogens (tertiary/aromatic N) is 2. The summed E-state index contributed by atoms with van der Waals surface area (Å²) in [5, 5.41) is 5.35. The van der Waals surface area contributed by atoms with Crippen LogP contribution in [0.2, 0.25) is 0 Å². The number of benzene rings is 2. The van der Waals surface area contributed by atoms with Gasteiger partial charge >= 0.3 is 0 Å². The summed E-state index contributed by atoms with van der Waals surface area (Å²) in [5.41, 5.74) is 1.59. The van der Waals surface area contributed by atoms with Crippen LogP contribution in [0.4, 0.5) is 31.7 Å². The molecule has 0 aliphatic heterocycles. The highest BCUT2D eigenvalue weighted by Gasteiger charge is 2.14. The highest BCUT2D eigenvalue weighted by Crippen LogP contribution is 2.21. The molecular weight excluding hydrogens is 350 g/mol. The Bertz CT molecular complexity index is 938. The van der Waals surface area contributed by atoms with Gasteiger partial charge in [0.05, 0.1) is 0 Å². The van der Waals surface area contributed by atoms with Crippen LogP contribution in [-0.4, -0.2) is 25.0 Å². The van der Waals surface area contributed by atoms with Gasteiger partial charge in [-0.15, -0.1) is 0 Å². The van der Waals surface area contributed by atoms with E-state index in [1.54, 1.807) is 0 Å². The van der Waals surface area contributed by atoms with Gasteiger partial charge in [0, 0.05) is 37.2 Å². The van der Waals surface area contributed by atoms with E-state index in [0.29, 0.717) is 5.82 Å². The Morgan fingerprint density at radius 3 is 2.30 bits per heavy atom. The van der Waals surface area contributed by atoms with E-state index >= 15 is 0 Å². The molecule has 0 fully saturated rings. The lowest BCUT2D eigenvalue weighted by Crippen LogP contribution is -2.14. The van der Waals surface area contributed by atoms with E-state index in [1.165, 1.54) is 24.4 Å². The molecule has 27 heavy (non-hydrogen) atoms. The van der Waals surface area contributed by atoms with E-state index in [4.69, 9.17) is 0 Å². The molecule has 3 aromatic rings. The third kappa shape index (κ3) is 4.38. The van der Waals surface area contributed by atoms with Gasteiger partial charge < -0.3 is 15.5 Å². The van der Waals surface area contributed by atoms with Crippen molar-refractivity contribution in [3.8, 4) is 0 Å². The van der Waals surface area contributed by atoms with Crippen molar-refractivity contribution in [2.75, 3.05) is 29.6 Å². The normalized spacial score (nSPS) is 10.4. The summed E-state index contributed by atoms with van der Waals surface area (Å²) in [6.07, 6.45) is 1.45. The molecule has 1 aromatic heterocycles. The maximum absolute atomic E-state index is 13.7. The number of hydrogen-bond acceptors (Lipinski definition) is 4. The van der Waals surface area contributed by atoms with Crippen LogP contribution in [0, 0.1) is 11.6 Å². The van der Waals surface area contributed by atoms with Gasteiger partial charge in [0.25, 0.3) is 5.91 Å². The quantitative estimate of drug-likeness (QED) is 0.700. The Kier molecular flexibility index (Phi) is 5.30. The average molecular weight is 368 g/mol. The summed E-state index contributed by atoms with van der Waals surface area (Å²) in [4.78, 5) is 18.5. The lowest BCUT2D eigenvalue weighted by molar-refractivity contribution is 0.102. The molecule has 0 aliphatic carbocycles. The van der Waals surface area contributed by atoms with Crippen LogP contribution in [0.15, 0.2) is 60.8 Å². The van der Waals surface area contributed by atoms with Crippen LogP contribution in [0.25, 0.3) is 0 Å². The van der Waals surface area contributed by atoms with E-state index in [9.17, 15) is 13.6 Å². The zero-order chi connectivity index (χ0) is 19.4. The SMILES string of the molecule is CN(C)c1ccc(Nc2cc(C(=O)Nc3c(F)cccc3F)ccn2)cc1. The number of rotatable bonds is 5. The smallest absolute Gasteiger partial charge is 0.256 e. The zero-order valence-electron chi connectivity index (χ0n) is 14.8. The fourth-order valence-corrected chi connectivity index (χ4v) is 2.43. The number of carbonyl (C=O) groups excluding carboxylic acids is 1. The summed E-state index contributed by atoms with van der Waals surface area (Å²) in [5.74, 6) is -1.87. The first-order valence-corrected chi connectivity index (χ1v) is 8.20. The standard InChI is InChI=1S/C20H18F2N4O/c1-26(2)15-8-6-14(7-9-15)24-18-12-13(10-11-23-18)20(27)25-19-16(21)4-3-5-17(19)22/h3-12H,1-2H3,(H,23,24)(H,25,27). The third-order valence-corrected chi connectivity index (χ3v) is 3.88. The Hall–Kier alpha value is -3.48. The Labute approximate surface area is 155 Å². The van der Waals surface area contributed by atoms with Gasteiger partial charge in [0.15, 0.2) is 0 Å². The highest BCUT2D eigenvalue weighted by molar-refractivity contribution is 6.04. The van der Waals surface area contributed by atoms with Crippen molar-refractivity contribution in [3.63, 3.8) is 0 Å². The van der Waals surface area contributed by atoms with E-state index in [0.717, 1.165) is 23.5 Å². The molecule has 5 nitrogen and oxygen atoms in total.